The topological polar surface area (TPSA) is 389 Å². The molecule has 4 aliphatic carbocycles. The summed E-state index contributed by atoms with van der Waals surface area (Å²) in [6.45, 7) is 9.07. The van der Waals surface area contributed by atoms with E-state index in [-0.39, 0.29) is 51.1 Å². The molecule has 6 atom stereocenters. The fourth-order valence-corrected chi connectivity index (χ4v) is 17.8. The molecule has 134 heavy (non-hydrogen) atoms. The number of aromatic carboxylic acids is 1. The highest BCUT2D eigenvalue weighted by Crippen LogP contribution is 2.59. The summed E-state index contributed by atoms with van der Waals surface area (Å²) in [6, 6.07) is 73.7. The molecule has 29 nitrogen and oxygen atoms in total. The van der Waals surface area contributed by atoms with E-state index in [2.05, 4.69) is 28.2 Å². The third-order valence-electron chi connectivity index (χ3n) is 22.8. The Labute approximate surface area is 796 Å². The summed E-state index contributed by atoms with van der Waals surface area (Å²) >= 11 is 23.4. The molecule has 16 rings (SSSR count). The molecule has 12 aromatic rings. The highest BCUT2D eigenvalue weighted by molar-refractivity contribution is 7.90. The van der Waals surface area contributed by atoms with E-state index in [0.29, 0.717) is 87.1 Å². The van der Waals surface area contributed by atoms with Crippen molar-refractivity contribution < 1.29 is 66.7 Å². The van der Waals surface area contributed by atoms with E-state index in [4.69, 9.17) is 55.9 Å². The van der Waals surface area contributed by atoms with Crippen molar-refractivity contribution in [3.05, 3.63) is 338 Å². The van der Waals surface area contributed by atoms with Gasteiger partial charge in [0.2, 0.25) is 0 Å². The van der Waals surface area contributed by atoms with Crippen LogP contribution in [0.15, 0.2) is 260 Å². The van der Waals surface area contributed by atoms with Gasteiger partial charge in [0.05, 0.1) is 50.8 Å². The van der Waals surface area contributed by atoms with Crippen molar-refractivity contribution in [1.29, 1.82) is 0 Å². The van der Waals surface area contributed by atoms with Gasteiger partial charge in [-0.15, -0.1) is 0 Å². The van der Waals surface area contributed by atoms with Crippen LogP contribution in [0.1, 0.15) is 117 Å². The Bertz CT molecular complexity index is 6300. The predicted molar refractivity (Wildman–Crippen MR) is 527 cm³/mol. The first kappa shape index (κ1) is 102. The number of carboxylic acids is 1. The standard InChI is InChI=1S/C19H17NO2.C18H13NO3.C13H19N3O6S.C13H22N2O.C13H9NO2.C12H16Cl2N2O.C12H7Cl2NO3/c1-14(19(21)20-17-9-3-2-4-10-17)22-18-12-11-15-7-5-6-8-16(15)13-18;20-17(14-9-3-4-10-15(14)18(21)22)19-16-11-5-7-12-6-1-2-8-13(12)16;1-4-6-14(7-5-2)13-11(15(17)18)8-10(23(3,21)22)9-12(13)16(19)20;1-15(2)13(16)14-12-7-8-6-11(12)10-5-3-4-9(8)10;15-14(16)13-7-3-6-11-10-5-2-1-4-9(10)8-12(11)13;1-3-4-7-16(2)12(17)15-9-5-6-10(13)11(14)8-9;13-8-1-6-12(11(14)7-8)18-10-4-2-9(3-5-10)15(16)17/h2-14H,1H3,(H,20,21);1-11H,(H,19,20)(H,21,22);8-9H,4-7H2,1-3H3;8-12H,3-7H2,1-2H3,(H,14,16);1-7H,8H2;5-6,8H,3-4,7H2,1-2H3,(H,15,17);1-7H. The van der Waals surface area contributed by atoms with Gasteiger partial charge in [-0.25, -0.2) is 22.8 Å². The summed E-state index contributed by atoms with van der Waals surface area (Å²) in [5, 5.41) is 70.8. The summed E-state index contributed by atoms with van der Waals surface area (Å²) in [5.41, 5.74) is 5.30. The lowest BCUT2D eigenvalue weighted by Gasteiger charge is -2.32. The maximum absolute atomic E-state index is 12.4. The van der Waals surface area contributed by atoms with Crippen LogP contribution in [-0.4, -0.2) is 132 Å². The van der Waals surface area contributed by atoms with Crippen LogP contribution >= 0.6 is 46.4 Å². The number of non-ortho nitro benzene ring substituents is 1. The number of halogens is 4. The summed E-state index contributed by atoms with van der Waals surface area (Å²) in [7, 11) is 1.60. The zero-order valence-corrected chi connectivity index (χ0v) is 78.7. The molecule has 0 saturated heterocycles. The first-order valence-corrected chi connectivity index (χ1v) is 46.7. The Kier molecular flexibility index (Phi) is 37.1. The van der Waals surface area contributed by atoms with E-state index in [1.807, 2.05) is 167 Å². The Balaban J connectivity index is 0.000000162. The van der Waals surface area contributed by atoms with Gasteiger partial charge in [-0.1, -0.05) is 213 Å². The second kappa shape index (κ2) is 48.6. The molecule has 34 heteroatoms. The largest absolute Gasteiger partial charge is 0.481 e. The van der Waals surface area contributed by atoms with Crippen molar-refractivity contribution in [3.63, 3.8) is 0 Å². The van der Waals surface area contributed by atoms with Crippen LogP contribution in [0.2, 0.25) is 20.1 Å². The highest BCUT2D eigenvalue weighted by atomic mass is 35.5. The third kappa shape index (κ3) is 27.9. The number of amides is 6. The minimum atomic E-state index is -3.81. The minimum absolute atomic E-state index is 0.00422. The van der Waals surface area contributed by atoms with Crippen LogP contribution in [-0.2, 0) is 21.1 Å². The minimum Gasteiger partial charge on any atom is -0.481 e. The van der Waals surface area contributed by atoms with Gasteiger partial charge in [0.1, 0.15) is 17.2 Å². The molecule has 0 radical (unpaired) electrons. The molecule has 700 valence electrons. The average molecular weight is 1920 g/mol. The number of carbonyl (C=O) groups excluding carboxylic acids is 4. The number of ether oxygens (including phenoxy) is 2. The van der Waals surface area contributed by atoms with Crippen LogP contribution in [0.4, 0.5) is 55.1 Å². The van der Waals surface area contributed by atoms with Crippen LogP contribution in [0.3, 0.4) is 0 Å². The van der Waals surface area contributed by atoms with Gasteiger partial charge in [0.25, 0.3) is 23.2 Å². The van der Waals surface area contributed by atoms with Crippen LogP contribution < -0.4 is 35.6 Å². The molecule has 3 saturated carbocycles. The number of rotatable bonds is 24. The number of fused-ring (bicyclic) bond motifs is 10. The van der Waals surface area contributed by atoms with Gasteiger partial charge >= 0.3 is 29.4 Å². The van der Waals surface area contributed by atoms with Crippen molar-refractivity contribution in [2.24, 2.45) is 23.7 Å². The number of carbonyl (C=O) groups is 5. The number of nitro benzene ring substituents is 4. The first-order valence-electron chi connectivity index (χ1n) is 43.3. The second-order valence-corrected chi connectivity index (χ2v) is 36.0. The van der Waals surface area contributed by atoms with Crippen molar-refractivity contribution in [2.75, 3.05) is 67.9 Å². The third-order valence-corrected chi connectivity index (χ3v) is 25.1. The van der Waals surface area contributed by atoms with Crippen LogP contribution in [0.25, 0.3) is 32.7 Å². The Morgan fingerprint density at radius 2 is 1.12 bits per heavy atom. The summed E-state index contributed by atoms with van der Waals surface area (Å²) in [4.78, 5) is 105. The van der Waals surface area contributed by atoms with Gasteiger partial charge in [-0.3, -0.25) is 50.0 Å². The average Bonchev–Trinajstić information content (AvgIpc) is 1.64. The van der Waals surface area contributed by atoms with Gasteiger partial charge in [0.15, 0.2) is 21.6 Å². The lowest BCUT2D eigenvalue weighted by atomic mass is 9.79. The lowest BCUT2D eigenvalue weighted by molar-refractivity contribution is -0.393. The zero-order chi connectivity index (χ0) is 97.0. The van der Waals surface area contributed by atoms with E-state index in [1.54, 1.807) is 95.4 Å². The molecule has 2 bridgehead atoms. The molecular formula is C100H103Cl4N11O18S. The number of nitro groups is 4. The van der Waals surface area contributed by atoms with Crippen molar-refractivity contribution in [3.8, 4) is 28.4 Å². The molecule has 5 N–H and O–H groups in total. The van der Waals surface area contributed by atoms with E-state index < -0.39 is 58.9 Å². The molecule has 0 heterocycles. The number of unbranched alkanes of at least 4 members (excludes halogenated alkanes) is 1. The number of anilines is 4. The molecule has 4 aliphatic rings. The number of nitrogens with zero attached hydrogens (tertiary/aromatic N) is 7. The number of para-hydroxylation sites is 1. The Morgan fingerprint density at radius 3 is 1.75 bits per heavy atom. The molecule has 0 aromatic heterocycles. The Morgan fingerprint density at radius 1 is 0.522 bits per heavy atom. The zero-order valence-electron chi connectivity index (χ0n) is 74.8. The molecule has 3 fully saturated rings. The van der Waals surface area contributed by atoms with E-state index >= 15 is 0 Å². The number of hydrogen-bond acceptors (Lipinski definition) is 18. The fraction of sp³-hybridized carbons (Fsp3) is 0.270. The van der Waals surface area contributed by atoms with E-state index in [1.165, 1.54) is 74.1 Å². The maximum Gasteiger partial charge on any atom is 0.336 e. The number of benzene rings is 12. The van der Waals surface area contributed by atoms with Gasteiger partial charge in [-0.2, -0.15) is 0 Å². The smallest absolute Gasteiger partial charge is 0.336 e. The number of urea groups is 2. The van der Waals surface area contributed by atoms with Crippen molar-refractivity contribution in [1.82, 2.24) is 15.1 Å². The quantitative estimate of drug-likeness (QED) is 0.0277. The molecule has 6 unspecified atom stereocenters. The van der Waals surface area contributed by atoms with Gasteiger partial charge in [0, 0.05) is 123 Å². The van der Waals surface area contributed by atoms with E-state index in [9.17, 15) is 78.0 Å². The van der Waals surface area contributed by atoms with Crippen molar-refractivity contribution in [2.45, 2.75) is 109 Å². The van der Waals surface area contributed by atoms with Crippen molar-refractivity contribution >= 4 is 153 Å². The Hall–Kier alpha value is -13.8. The number of sulfone groups is 1. The van der Waals surface area contributed by atoms with Gasteiger partial charge in [-0.05, 0) is 199 Å². The molecule has 12 aromatic carbocycles. The fourth-order valence-electron chi connectivity index (χ4n) is 16.4. The van der Waals surface area contributed by atoms with Gasteiger partial charge < -0.3 is 50.5 Å². The summed E-state index contributed by atoms with van der Waals surface area (Å²) in [6.07, 6.45) is 11.2. The monoisotopic (exact) mass is 1920 g/mol. The first-order chi connectivity index (χ1) is 64.0. The number of hydrogen-bond donors (Lipinski definition) is 5. The van der Waals surface area contributed by atoms with Crippen LogP contribution in [0, 0.1) is 64.1 Å². The molecule has 6 amide bonds. The molecule has 0 spiro atoms. The number of carboxylic acid groups (broad SMARTS) is 1. The normalized spacial score (nSPS) is 15.0. The highest BCUT2D eigenvalue weighted by Gasteiger charge is 2.54. The molecular weight excluding hydrogens is 1820 g/mol. The maximum atomic E-state index is 12.4. The second-order valence-electron chi connectivity index (χ2n) is 32.3. The number of nitrogens with one attached hydrogen (secondary N) is 4. The lowest BCUT2D eigenvalue weighted by Crippen LogP contribution is -2.46. The predicted octanol–water partition coefficient (Wildman–Crippen LogP) is 24.8. The summed E-state index contributed by atoms with van der Waals surface area (Å²) < 4.78 is 34.5. The summed E-state index contributed by atoms with van der Waals surface area (Å²) in [5.74, 6) is 3.53. The molecule has 0 aliphatic heterocycles. The SMILES string of the molecule is CC(Oc1ccc2ccccc2c1)C(=O)Nc1ccccc1.CCCCN(C)C(=O)Nc1ccc(Cl)c(Cl)c1.CCCN(CCC)c1c([N+](=O)[O-])cc(S(C)(=O)=O)cc1[N+](=O)[O-].CN(C)C(=O)NC1CC2CC1C1CCCC21.O=C(O)c1ccccc1C(=O)Nc1cccc2ccccc12.O=[N+]([O-])c1ccc(Oc2ccc(Cl)cc2Cl)cc1.O=[N+]([O-])c1cccc2c1Cc1ccccc1-2. The van der Waals surface area contributed by atoms with Crippen LogP contribution in [0.5, 0.6) is 17.2 Å². The van der Waals surface area contributed by atoms with E-state index in [0.717, 1.165) is 105 Å².